The van der Waals surface area contributed by atoms with Crippen molar-refractivity contribution in [2.45, 2.75) is 40.2 Å². The molecule has 2 nitrogen and oxygen atoms in total. The van der Waals surface area contributed by atoms with Crippen molar-refractivity contribution < 1.29 is 0 Å². The van der Waals surface area contributed by atoms with Crippen molar-refractivity contribution in [3.8, 4) is 0 Å². The van der Waals surface area contributed by atoms with Crippen LogP contribution in [-0.4, -0.2) is 11.5 Å². The molecule has 1 N–H and O–H groups in total. The Hall–Kier alpha value is -0.890. The second kappa shape index (κ2) is 5.86. The number of nitrogens with zero attached hydrogens (tertiary/aromatic N) is 1. The highest BCUT2D eigenvalue weighted by Gasteiger charge is 2.11. The average Bonchev–Trinajstić information content (AvgIpc) is 2.17. The first kappa shape index (κ1) is 12.2. The smallest absolute Gasteiger partial charge is 0.0372 e. The van der Waals surface area contributed by atoms with Crippen LogP contribution < -0.4 is 5.32 Å². The third kappa shape index (κ3) is 4.00. The van der Waals surface area contributed by atoms with Crippen LogP contribution in [0.5, 0.6) is 0 Å². The molecule has 0 amide bonds. The van der Waals surface area contributed by atoms with Crippen molar-refractivity contribution >= 4 is 0 Å². The van der Waals surface area contributed by atoms with E-state index in [0.717, 1.165) is 12.2 Å². The lowest BCUT2D eigenvalue weighted by Gasteiger charge is -2.20. The number of hydrogen-bond donors (Lipinski definition) is 1. The van der Waals surface area contributed by atoms with Crippen LogP contribution in [0, 0.1) is 12.8 Å². The van der Waals surface area contributed by atoms with Crippen LogP contribution in [0.15, 0.2) is 18.3 Å². The SMILES string of the molecule is CCNC(CC(C)C)c1ccc(C)nc1. The summed E-state index contributed by atoms with van der Waals surface area (Å²) in [5.74, 6) is 0.704. The van der Waals surface area contributed by atoms with E-state index in [0.29, 0.717) is 12.0 Å². The Bertz CT molecular complexity index is 277. The Labute approximate surface area is 93.1 Å². The lowest BCUT2D eigenvalue weighted by Crippen LogP contribution is -2.22. The molecule has 0 radical (unpaired) electrons. The number of pyridine rings is 1. The maximum absolute atomic E-state index is 4.35. The minimum Gasteiger partial charge on any atom is -0.310 e. The Balaban J connectivity index is 2.74. The number of aromatic nitrogens is 1. The quantitative estimate of drug-likeness (QED) is 0.800. The molecule has 1 rings (SSSR count). The van der Waals surface area contributed by atoms with Crippen molar-refractivity contribution in [1.82, 2.24) is 10.3 Å². The molecular weight excluding hydrogens is 184 g/mol. The molecule has 0 saturated heterocycles. The highest BCUT2D eigenvalue weighted by Crippen LogP contribution is 2.20. The largest absolute Gasteiger partial charge is 0.310 e. The van der Waals surface area contributed by atoms with Crippen LogP contribution in [0.4, 0.5) is 0 Å². The van der Waals surface area contributed by atoms with Gasteiger partial charge < -0.3 is 5.32 Å². The molecule has 1 aromatic rings. The minimum absolute atomic E-state index is 0.447. The van der Waals surface area contributed by atoms with Gasteiger partial charge in [0.25, 0.3) is 0 Å². The molecule has 0 aliphatic rings. The fraction of sp³-hybridized carbons (Fsp3) is 0.615. The van der Waals surface area contributed by atoms with Gasteiger partial charge in [-0.1, -0.05) is 26.8 Å². The maximum Gasteiger partial charge on any atom is 0.0372 e. The van der Waals surface area contributed by atoms with Crippen LogP contribution >= 0.6 is 0 Å². The topological polar surface area (TPSA) is 24.9 Å². The fourth-order valence-electron chi connectivity index (χ4n) is 1.74. The summed E-state index contributed by atoms with van der Waals surface area (Å²) < 4.78 is 0. The lowest BCUT2D eigenvalue weighted by molar-refractivity contribution is 0.437. The highest BCUT2D eigenvalue weighted by molar-refractivity contribution is 5.17. The molecular formula is C13H22N2. The van der Waals surface area contributed by atoms with Gasteiger partial charge in [-0.15, -0.1) is 0 Å². The number of hydrogen-bond acceptors (Lipinski definition) is 2. The van der Waals surface area contributed by atoms with E-state index in [2.05, 4.69) is 43.2 Å². The summed E-state index contributed by atoms with van der Waals surface area (Å²) in [6.45, 7) is 9.69. The minimum atomic E-state index is 0.447. The van der Waals surface area contributed by atoms with Gasteiger partial charge in [-0.25, -0.2) is 0 Å². The first-order valence-electron chi connectivity index (χ1n) is 5.79. The Morgan fingerprint density at radius 1 is 1.33 bits per heavy atom. The molecule has 2 heteroatoms. The van der Waals surface area contributed by atoms with Gasteiger partial charge in [0.15, 0.2) is 0 Å². The van der Waals surface area contributed by atoms with E-state index in [-0.39, 0.29) is 0 Å². The molecule has 1 heterocycles. The molecule has 1 atom stereocenters. The second-order valence-corrected chi connectivity index (χ2v) is 4.47. The van der Waals surface area contributed by atoms with Gasteiger partial charge in [0.05, 0.1) is 0 Å². The number of aryl methyl sites for hydroxylation is 1. The molecule has 0 aliphatic heterocycles. The van der Waals surface area contributed by atoms with Crippen molar-refractivity contribution in [2.75, 3.05) is 6.54 Å². The fourth-order valence-corrected chi connectivity index (χ4v) is 1.74. The van der Waals surface area contributed by atoms with Gasteiger partial charge in [-0.05, 0) is 37.4 Å². The maximum atomic E-state index is 4.35. The Morgan fingerprint density at radius 3 is 2.53 bits per heavy atom. The summed E-state index contributed by atoms with van der Waals surface area (Å²) in [7, 11) is 0. The highest BCUT2D eigenvalue weighted by atomic mass is 14.9. The summed E-state index contributed by atoms with van der Waals surface area (Å²) in [5, 5.41) is 3.51. The second-order valence-electron chi connectivity index (χ2n) is 4.47. The molecule has 84 valence electrons. The van der Waals surface area contributed by atoms with Gasteiger partial charge in [0.1, 0.15) is 0 Å². The number of nitrogens with one attached hydrogen (secondary N) is 1. The van der Waals surface area contributed by atoms with Crippen molar-refractivity contribution in [3.63, 3.8) is 0 Å². The van der Waals surface area contributed by atoms with Crippen molar-refractivity contribution in [3.05, 3.63) is 29.6 Å². The molecule has 0 bridgehead atoms. The van der Waals surface area contributed by atoms with Crippen LogP contribution in [0.1, 0.15) is 44.5 Å². The third-order valence-electron chi connectivity index (χ3n) is 2.49. The van der Waals surface area contributed by atoms with Gasteiger partial charge in [-0.2, -0.15) is 0 Å². The predicted octanol–water partition coefficient (Wildman–Crippen LogP) is 3.09. The lowest BCUT2D eigenvalue weighted by atomic mass is 9.98. The summed E-state index contributed by atoms with van der Waals surface area (Å²) >= 11 is 0. The first-order valence-corrected chi connectivity index (χ1v) is 5.79. The van der Waals surface area contributed by atoms with Gasteiger partial charge in [-0.3, -0.25) is 4.98 Å². The summed E-state index contributed by atoms with van der Waals surface area (Å²) in [6.07, 6.45) is 3.16. The van der Waals surface area contributed by atoms with Gasteiger partial charge in [0.2, 0.25) is 0 Å². The monoisotopic (exact) mass is 206 g/mol. The molecule has 15 heavy (non-hydrogen) atoms. The van der Waals surface area contributed by atoms with E-state index in [9.17, 15) is 0 Å². The number of rotatable bonds is 5. The van der Waals surface area contributed by atoms with E-state index in [1.807, 2.05) is 13.1 Å². The standard InChI is InChI=1S/C13H22N2/c1-5-14-13(8-10(2)3)12-7-6-11(4)15-9-12/h6-7,9-10,13-14H,5,8H2,1-4H3. The van der Waals surface area contributed by atoms with Crippen LogP contribution in [0.3, 0.4) is 0 Å². The van der Waals surface area contributed by atoms with Crippen LogP contribution in [0.25, 0.3) is 0 Å². The third-order valence-corrected chi connectivity index (χ3v) is 2.49. The Morgan fingerprint density at radius 2 is 2.07 bits per heavy atom. The molecule has 0 aliphatic carbocycles. The van der Waals surface area contributed by atoms with Crippen LogP contribution in [0.2, 0.25) is 0 Å². The molecule has 0 saturated carbocycles. The zero-order valence-corrected chi connectivity index (χ0v) is 10.2. The van der Waals surface area contributed by atoms with E-state index in [1.54, 1.807) is 0 Å². The van der Waals surface area contributed by atoms with E-state index < -0.39 is 0 Å². The summed E-state index contributed by atoms with van der Waals surface area (Å²) in [6, 6.07) is 4.71. The summed E-state index contributed by atoms with van der Waals surface area (Å²) in [4.78, 5) is 4.35. The zero-order valence-electron chi connectivity index (χ0n) is 10.2. The molecule has 1 aromatic heterocycles. The first-order chi connectivity index (χ1) is 7.13. The molecule has 1 unspecified atom stereocenters. The average molecular weight is 206 g/mol. The summed E-state index contributed by atoms with van der Waals surface area (Å²) in [5.41, 5.74) is 2.38. The van der Waals surface area contributed by atoms with Crippen LogP contribution in [-0.2, 0) is 0 Å². The van der Waals surface area contributed by atoms with Gasteiger partial charge in [0, 0.05) is 17.9 Å². The predicted molar refractivity (Wildman–Crippen MR) is 64.8 cm³/mol. The van der Waals surface area contributed by atoms with E-state index in [1.165, 1.54) is 12.0 Å². The van der Waals surface area contributed by atoms with Gasteiger partial charge >= 0.3 is 0 Å². The Kier molecular flexibility index (Phi) is 4.76. The molecule has 0 fully saturated rings. The van der Waals surface area contributed by atoms with Crippen molar-refractivity contribution in [1.29, 1.82) is 0 Å². The van der Waals surface area contributed by atoms with Crippen molar-refractivity contribution in [2.24, 2.45) is 5.92 Å². The van der Waals surface area contributed by atoms with E-state index in [4.69, 9.17) is 0 Å². The molecule has 0 spiro atoms. The zero-order chi connectivity index (χ0) is 11.3. The normalized spacial score (nSPS) is 13.1. The molecule has 0 aromatic carbocycles. The van der Waals surface area contributed by atoms with E-state index >= 15 is 0 Å².